The van der Waals surface area contributed by atoms with Gasteiger partial charge in [0.25, 0.3) is 0 Å². The van der Waals surface area contributed by atoms with Crippen molar-refractivity contribution in [2.75, 3.05) is 6.54 Å². The molecule has 0 unspecified atom stereocenters. The smallest absolute Gasteiger partial charge is 0.407 e. The zero-order valence-corrected chi connectivity index (χ0v) is 26.8. The fourth-order valence-electron chi connectivity index (χ4n) is 5.00. The Morgan fingerprint density at radius 3 is 1.96 bits per heavy atom. The van der Waals surface area contributed by atoms with Crippen LogP contribution in [0, 0.1) is 13.8 Å². The lowest BCUT2D eigenvalue weighted by atomic mass is 9.95. The van der Waals surface area contributed by atoms with Gasteiger partial charge in [0.15, 0.2) is 0 Å². The quantitative estimate of drug-likeness (QED) is 0.0958. The van der Waals surface area contributed by atoms with E-state index in [0.29, 0.717) is 19.4 Å². The number of unbranched alkanes of at least 4 members (excludes halogenated alkanes) is 1. The highest BCUT2D eigenvalue weighted by Crippen LogP contribution is 2.22. The average Bonchev–Trinajstić information content (AvgIpc) is 3.03. The van der Waals surface area contributed by atoms with E-state index in [9.17, 15) is 24.3 Å². The summed E-state index contributed by atoms with van der Waals surface area (Å²) in [6.45, 7) is 4.08. The third-order valence-corrected chi connectivity index (χ3v) is 7.78. The Morgan fingerprint density at radius 1 is 0.804 bits per heavy atom. The van der Waals surface area contributed by atoms with Gasteiger partial charge in [0.2, 0.25) is 17.7 Å². The Kier molecular flexibility index (Phi) is 14.3. The predicted octanol–water partition coefficient (Wildman–Crippen LogP) is 3.46. The van der Waals surface area contributed by atoms with Crippen molar-refractivity contribution in [1.29, 1.82) is 0 Å². The van der Waals surface area contributed by atoms with Crippen molar-refractivity contribution in [2.24, 2.45) is 5.73 Å². The Morgan fingerprint density at radius 2 is 1.37 bits per heavy atom. The van der Waals surface area contributed by atoms with E-state index in [4.69, 9.17) is 22.2 Å². The third kappa shape index (κ3) is 11.7. The first-order valence-electron chi connectivity index (χ1n) is 15.1. The second kappa shape index (κ2) is 18.4. The average molecular weight is 652 g/mol. The number of phenolic OH excluding ortho intramolecular Hbond substituents is 1. The molecule has 0 radical (unpaired) electrons. The SMILES string of the molecule is Cc1cc(O)cc(C)c1C[C@H](NCl)C(=O)N[C@@H](CCCCNC(=O)OCc1ccccc1)C(=O)N[C@@H](Cc1ccccc1)C(N)=O. The topological polar surface area (TPSA) is 172 Å². The second-order valence-corrected chi connectivity index (χ2v) is 11.3. The van der Waals surface area contributed by atoms with Crippen molar-refractivity contribution in [3.8, 4) is 5.75 Å². The van der Waals surface area contributed by atoms with E-state index in [0.717, 1.165) is 27.8 Å². The zero-order valence-electron chi connectivity index (χ0n) is 26.1. The van der Waals surface area contributed by atoms with Crippen LogP contribution in [0.1, 0.15) is 47.1 Å². The highest BCUT2D eigenvalue weighted by molar-refractivity contribution is 6.15. The lowest BCUT2D eigenvalue weighted by Gasteiger charge is -2.24. The molecule has 0 heterocycles. The van der Waals surface area contributed by atoms with E-state index in [1.165, 1.54) is 0 Å². The molecule has 3 atom stereocenters. The van der Waals surface area contributed by atoms with Crippen molar-refractivity contribution >= 4 is 35.6 Å². The molecule has 0 saturated heterocycles. The lowest BCUT2D eigenvalue weighted by Crippen LogP contribution is -2.56. The number of hydrogen-bond acceptors (Lipinski definition) is 7. The Bertz CT molecular complexity index is 1430. The normalized spacial score (nSPS) is 12.8. The van der Waals surface area contributed by atoms with Crippen molar-refractivity contribution in [3.63, 3.8) is 0 Å². The molecule has 0 aliphatic heterocycles. The Balaban J connectivity index is 1.64. The number of phenols is 1. The van der Waals surface area contributed by atoms with Crippen LogP contribution in [0.15, 0.2) is 72.8 Å². The summed E-state index contributed by atoms with van der Waals surface area (Å²) in [5.74, 6) is -1.69. The number of carbonyl (C=O) groups is 4. The van der Waals surface area contributed by atoms with Gasteiger partial charge in [0.1, 0.15) is 30.5 Å². The number of ether oxygens (including phenoxy) is 1. The molecule has 246 valence electrons. The van der Waals surface area contributed by atoms with Crippen LogP contribution in [-0.2, 0) is 38.6 Å². The molecule has 3 aromatic carbocycles. The standard InChI is InChI=1S/C34H42ClN5O6/c1-22-17-26(41)18-23(2)27(22)20-30(40-35)33(44)38-28(32(43)39-29(31(36)42)19-24-11-5-3-6-12-24)15-9-10-16-37-34(45)46-21-25-13-7-4-8-14-25/h3-8,11-14,17-18,28-30,40-41H,9-10,15-16,19-21H2,1-2H3,(H2,36,42)(H,37,45)(H,38,44)(H,39,43)/t28-,29-,30-/m0/s1. The number of aryl methyl sites for hydroxylation is 2. The van der Waals surface area contributed by atoms with Gasteiger partial charge in [0.05, 0.1) is 0 Å². The third-order valence-electron chi connectivity index (χ3n) is 7.51. The zero-order chi connectivity index (χ0) is 33.5. The van der Waals surface area contributed by atoms with Gasteiger partial charge < -0.3 is 31.5 Å². The fraction of sp³-hybridized carbons (Fsp3) is 0.353. The molecular weight excluding hydrogens is 610 g/mol. The fourth-order valence-corrected chi connectivity index (χ4v) is 5.18. The molecular formula is C34H42ClN5O6. The summed E-state index contributed by atoms with van der Waals surface area (Å²) in [5.41, 5.74) is 9.70. The first kappa shape index (κ1) is 35.9. The molecule has 7 N–H and O–H groups in total. The van der Waals surface area contributed by atoms with Gasteiger partial charge in [0, 0.05) is 13.0 Å². The van der Waals surface area contributed by atoms with Crippen LogP contribution < -0.4 is 26.5 Å². The summed E-state index contributed by atoms with van der Waals surface area (Å²) in [6.07, 6.45) is 0.977. The van der Waals surface area contributed by atoms with Gasteiger partial charge in [-0.3, -0.25) is 14.4 Å². The first-order chi connectivity index (χ1) is 22.1. The Hall–Kier alpha value is -4.61. The molecule has 11 nitrogen and oxygen atoms in total. The van der Waals surface area contributed by atoms with Gasteiger partial charge in [-0.2, -0.15) is 0 Å². The molecule has 4 amide bonds. The van der Waals surface area contributed by atoms with Gasteiger partial charge >= 0.3 is 6.09 Å². The molecule has 0 aromatic heterocycles. The van der Waals surface area contributed by atoms with Gasteiger partial charge in [-0.1, -0.05) is 60.7 Å². The molecule has 0 aliphatic carbocycles. The summed E-state index contributed by atoms with van der Waals surface area (Å²) in [7, 11) is 0. The molecule has 3 rings (SSSR count). The van der Waals surface area contributed by atoms with Crippen LogP contribution in [0.2, 0.25) is 0 Å². The highest BCUT2D eigenvalue weighted by atomic mass is 35.5. The maximum atomic E-state index is 13.5. The van der Waals surface area contributed by atoms with Crippen molar-refractivity contribution in [2.45, 2.75) is 70.7 Å². The van der Waals surface area contributed by atoms with E-state index in [1.807, 2.05) is 74.5 Å². The number of benzene rings is 3. The van der Waals surface area contributed by atoms with E-state index in [-0.39, 0.29) is 31.6 Å². The number of halogens is 1. The minimum Gasteiger partial charge on any atom is -0.508 e. The van der Waals surface area contributed by atoms with Crippen molar-refractivity contribution in [1.82, 2.24) is 20.8 Å². The number of nitrogens with two attached hydrogens (primary N) is 1. The lowest BCUT2D eigenvalue weighted by molar-refractivity contribution is -0.132. The van der Waals surface area contributed by atoms with Crippen LogP contribution in [0.25, 0.3) is 0 Å². The molecule has 3 aromatic rings. The molecule has 46 heavy (non-hydrogen) atoms. The summed E-state index contributed by atoms with van der Waals surface area (Å²) in [5, 5.41) is 18.1. The number of rotatable bonds is 17. The maximum absolute atomic E-state index is 13.5. The Labute approximate surface area is 274 Å². The number of amides is 4. The minimum absolute atomic E-state index is 0.119. The summed E-state index contributed by atoms with van der Waals surface area (Å²) < 4.78 is 5.22. The highest BCUT2D eigenvalue weighted by Gasteiger charge is 2.29. The van der Waals surface area contributed by atoms with Crippen LogP contribution >= 0.6 is 11.8 Å². The minimum atomic E-state index is -1.02. The monoisotopic (exact) mass is 651 g/mol. The van der Waals surface area contributed by atoms with Crippen molar-refractivity contribution < 1.29 is 29.0 Å². The maximum Gasteiger partial charge on any atom is 0.407 e. The van der Waals surface area contributed by atoms with E-state index < -0.39 is 41.9 Å². The molecule has 0 aliphatic rings. The summed E-state index contributed by atoms with van der Waals surface area (Å²) in [6, 6.07) is 18.7. The number of nitrogens with one attached hydrogen (secondary N) is 4. The molecule has 12 heteroatoms. The number of alkyl carbamates (subject to hydrolysis) is 1. The number of hydrogen-bond donors (Lipinski definition) is 6. The largest absolute Gasteiger partial charge is 0.508 e. The van der Waals surface area contributed by atoms with Crippen LogP contribution in [-0.4, -0.2) is 53.6 Å². The molecule has 0 spiro atoms. The first-order valence-corrected chi connectivity index (χ1v) is 15.5. The van der Waals surface area contributed by atoms with Crippen molar-refractivity contribution in [3.05, 3.63) is 101 Å². The van der Waals surface area contributed by atoms with Gasteiger partial charge in [-0.15, -0.1) is 0 Å². The van der Waals surface area contributed by atoms with Crippen LogP contribution in [0.3, 0.4) is 0 Å². The molecule has 0 saturated carbocycles. The summed E-state index contributed by atoms with van der Waals surface area (Å²) in [4.78, 5) is 53.7. The van der Waals surface area contributed by atoms with E-state index in [2.05, 4.69) is 20.8 Å². The van der Waals surface area contributed by atoms with Crippen LogP contribution in [0.4, 0.5) is 4.79 Å². The number of primary amides is 1. The van der Waals surface area contributed by atoms with Gasteiger partial charge in [-0.05, 0) is 91.3 Å². The number of carbonyl (C=O) groups excluding carboxylic acids is 4. The number of aromatic hydroxyl groups is 1. The molecule has 0 bridgehead atoms. The predicted molar refractivity (Wildman–Crippen MR) is 176 cm³/mol. The summed E-state index contributed by atoms with van der Waals surface area (Å²) >= 11 is 5.99. The van der Waals surface area contributed by atoms with E-state index in [1.54, 1.807) is 12.1 Å². The molecule has 0 fully saturated rings. The van der Waals surface area contributed by atoms with Crippen LogP contribution in [0.5, 0.6) is 5.75 Å². The second-order valence-electron chi connectivity index (χ2n) is 11.1. The van der Waals surface area contributed by atoms with Gasteiger partial charge in [-0.25, -0.2) is 9.63 Å². The van der Waals surface area contributed by atoms with E-state index >= 15 is 0 Å².